The van der Waals surface area contributed by atoms with Crippen molar-refractivity contribution < 1.29 is 23.9 Å². The molecule has 2 aromatic rings. The number of hydrogen-bond donors (Lipinski definition) is 1. The highest BCUT2D eigenvalue weighted by Crippen LogP contribution is 2.25. The van der Waals surface area contributed by atoms with Crippen molar-refractivity contribution in [2.45, 2.75) is 20.0 Å². The van der Waals surface area contributed by atoms with Crippen LogP contribution in [-0.2, 0) is 13.0 Å². The molecule has 0 aliphatic heterocycles. The predicted octanol–water partition coefficient (Wildman–Crippen LogP) is 1.92. The van der Waals surface area contributed by atoms with E-state index in [1.165, 1.54) is 19.2 Å². The number of aromatic nitrogens is 2. The molecular weight excluding hydrogens is 264 g/mol. The number of benzene rings is 1. The van der Waals surface area contributed by atoms with E-state index in [0.29, 0.717) is 23.9 Å². The standard InChI is InChI=1S/C13H14N2O5/c1-3-11-14-12(20-15-11)7-19-10-6-8(18-2)4-5-9(10)13(16)17/h4-6H,3,7H2,1-2H3,(H,16,17). The van der Waals surface area contributed by atoms with Gasteiger partial charge in [-0.1, -0.05) is 12.1 Å². The second kappa shape index (κ2) is 6.05. The molecule has 20 heavy (non-hydrogen) atoms. The number of aryl methyl sites for hydroxylation is 1. The van der Waals surface area contributed by atoms with Crippen molar-refractivity contribution in [3.63, 3.8) is 0 Å². The summed E-state index contributed by atoms with van der Waals surface area (Å²) in [5.41, 5.74) is 0.0426. The first-order valence-electron chi connectivity index (χ1n) is 5.99. The van der Waals surface area contributed by atoms with E-state index in [9.17, 15) is 4.79 Å². The number of methoxy groups -OCH3 is 1. The molecule has 1 heterocycles. The van der Waals surface area contributed by atoms with Crippen molar-refractivity contribution in [2.24, 2.45) is 0 Å². The number of nitrogens with zero attached hydrogens (tertiary/aromatic N) is 2. The van der Waals surface area contributed by atoms with E-state index >= 15 is 0 Å². The fourth-order valence-electron chi connectivity index (χ4n) is 1.56. The minimum Gasteiger partial charge on any atom is -0.497 e. The van der Waals surface area contributed by atoms with Gasteiger partial charge in [0.2, 0.25) is 0 Å². The molecule has 0 saturated heterocycles. The maximum Gasteiger partial charge on any atom is 0.339 e. The first-order valence-corrected chi connectivity index (χ1v) is 5.99. The van der Waals surface area contributed by atoms with Gasteiger partial charge in [0.05, 0.1) is 7.11 Å². The Morgan fingerprint density at radius 2 is 2.25 bits per heavy atom. The third-order valence-corrected chi connectivity index (χ3v) is 2.60. The zero-order chi connectivity index (χ0) is 14.5. The van der Waals surface area contributed by atoms with E-state index in [1.807, 2.05) is 6.92 Å². The van der Waals surface area contributed by atoms with Crippen molar-refractivity contribution in [1.82, 2.24) is 10.1 Å². The quantitative estimate of drug-likeness (QED) is 0.862. The summed E-state index contributed by atoms with van der Waals surface area (Å²) in [6.45, 7) is 1.90. The van der Waals surface area contributed by atoms with Crippen LogP contribution in [0.25, 0.3) is 0 Å². The Hall–Kier alpha value is -2.57. The average molecular weight is 278 g/mol. The third kappa shape index (κ3) is 3.05. The van der Waals surface area contributed by atoms with Gasteiger partial charge in [0.15, 0.2) is 12.4 Å². The van der Waals surface area contributed by atoms with Gasteiger partial charge in [-0.15, -0.1) is 0 Å². The van der Waals surface area contributed by atoms with Crippen LogP contribution in [0.2, 0.25) is 0 Å². The number of ether oxygens (including phenoxy) is 2. The van der Waals surface area contributed by atoms with Crippen LogP contribution in [0.4, 0.5) is 0 Å². The average Bonchev–Trinajstić information content (AvgIpc) is 2.92. The van der Waals surface area contributed by atoms with Crippen molar-refractivity contribution in [3.05, 3.63) is 35.5 Å². The third-order valence-electron chi connectivity index (χ3n) is 2.60. The molecule has 0 radical (unpaired) electrons. The molecule has 1 aromatic heterocycles. The van der Waals surface area contributed by atoms with E-state index in [4.69, 9.17) is 19.1 Å². The van der Waals surface area contributed by atoms with Gasteiger partial charge in [-0.3, -0.25) is 0 Å². The molecule has 0 unspecified atom stereocenters. The van der Waals surface area contributed by atoms with Crippen molar-refractivity contribution >= 4 is 5.97 Å². The van der Waals surface area contributed by atoms with Gasteiger partial charge in [-0.25, -0.2) is 4.79 Å². The molecule has 0 fully saturated rings. The Labute approximate surface area is 115 Å². The number of carboxylic acid groups (broad SMARTS) is 1. The molecule has 0 aliphatic carbocycles. The monoisotopic (exact) mass is 278 g/mol. The molecule has 0 amide bonds. The highest BCUT2D eigenvalue weighted by molar-refractivity contribution is 5.91. The summed E-state index contributed by atoms with van der Waals surface area (Å²) >= 11 is 0. The number of carbonyl (C=O) groups is 1. The first kappa shape index (κ1) is 13.9. The summed E-state index contributed by atoms with van der Waals surface area (Å²) in [7, 11) is 1.49. The lowest BCUT2D eigenvalue weighted by Gasteiger charge is -2.08. The zero-order valence-electron chi connectivity index (χ0n) is 11.1. The smallest absolute Gasteiger partial charge is 0.339 e. The lowest BCUT2D eigenvalue weighted by atomic mass is 10.2. The van der Waals surface area contributed by atoms with Gasteiger partial charge in [-0.2, -0.15) is 4.98 Å². The van der Waals surface area contributed by atoms with Gasteiger partial charge < -0.3 is 19.1 Å². The number of hydrogen-bond acceptors (Lipinski definition) is 6. The molecule has 0 spiro atoms. The summed E-state index contributed by atoms with van der Waals surface area (Å²) in [6, 6.07) is 4.47. The SMILES string of the molecule is CCc1noc(COc2cc(OC)ccc2C(=O)O)n1. The largest absolute Gasteiger partial charge is 0.497 e. The molecule has 0 aliphatic rings. The van der Waals surface area contributed by atoms with Crippen LogP contribution >= 0.6 is 0 Å². The number of rotatable bonds is 6. The Morgan fingerprint density at radius 1 is 1.45 bits per heavy atom. The van der Waals surface area contributed by atoms with Gasteiger partial charge in [0.1, 0.15) is 17.1 Å². The molecule has 2 rings (SSSR count). The molecule has 1 aromatic carbocycles. The Kier molecular flexibility index (Phi) is 4.19. The summed E-state index contributed by atoms with van der Waals surface area (Å²) in [5, 5.41) is 12.8. The van der Waals surface area contributed by atoms with Gasteiger partial charge in [-0.05, 0) is 12.1 Å². The summed E-state index contributed by atoms with van der Waals surface area (Å²) in [4.78, 5) is 15.2. The van der Waals surface area contributed by atoms with Crippen LogP contribution in [0.5, 0.6) is 11.5 Å². The highest BCUT2D eigenvalue weighted by atomic mass is 16.5. The maximum atomic E-state index is 11.1. The van der Waals surface area contributed by atoms with Crippen LogP contribution in [0.15, 0.2) is 22.7 Å². The fourth-order valence-corrected chi connectivity index (χ4v) is 1.56. The Morgan fingerprint density at radius 3 is 2.85 bits per heavy atom. The second-order valence-electron chi connectivity index (χ2n) is 3.91. The fraction of sp³-hybridized carbons (Fsp3) is 0.308. The summed E-state index contributed by atoms with van der Waals surface area (Å²) in [5.74, 6) is 0.481. The molecule has 7 nitrogen and oxygen atoms in total. The molecule has 7 heteroatoms. The molecule has 106 valence electrons. The van der Waals surface area contributed by atoms with Gasteiger partial charge in [0, 0.05) is 12.5 Å². The molecule has 0 atom stereocenters. The normalized spacial score (nSPS) is 10.3. The van der Waals surface area contributed by atoms with Crippen LogP contribution in [0, 0.1) is 0 Å². The van der Waals surface area contributed by atoms with Gasteiger partial charge >= 0.3 is 5.97 Å². The molecule has 0 bridgehead atoms. The molecular formula is C13H14N2O5. The minimum absolute atomic E-state index is 0.000444. The van der Waals surface area contributed by atoms with Crippen molar-refractivity contribution in [3.8, 4) is 11.5 Å². The Balaban J connectivity index is 2.16. The highest BCUT2D eigenvalue weighted by Gasteiger charge is 2.14. The predicted molar refractivity (Wildman–Crippen MR) is 68.0 cm³/mol. The molecule has 0 saturated carbocycles. The van der Waals surface area contributed by atoms with Crippen LogP contribution in [0.1, 0.15) is 29.0 Å². The van der Waals surface area contributed by atoms with Gasteiger partial charge in [0.25, 0.3) is 5.89 Å². The number of carboxylic acids is 1. The van der Waals surface area contributed by atoms with Crippen LogP contribution < -0.4 is 9.47 Å². The minimum atomic E-state index is -1.08. The van der Waals surface area contributed by atoms with Crippen LogP contribution in [0.3, 0.4) is 0 Å². The van der Waals surface area contributed by atoms with Crippen LogP contribution in [-0.4, -0.2) is 28.3 Å². The van der Waals surface area contributed by atoms with E-state index in [0.717, 1.165) is 0 Å². The lowest BCUT2D eigenvalue weighted by molar-refractivity contribution is 0.0691. The lowest BCUT2D eigenvalue weighted by Crippen LogP contribution is -2.04. The maximum absolute atomic E-state index is 11.1. The topological polar surface area (TPSA) is 94.7 Å². The van der Waals surface area contributed by atoms with Crippen molar-refractivity contribution in [2.75, 3.05) is 7.11 Å². The van der Waals surface area contributed by atoms with E-state index < -0.39 is 5.97 Å². The van der Waals surface area contributed by atoms with E-state index in [2.05, 4.69) is 10.1 Å². The molecule has 1 N–H and O–H groups in total. The summed E-state index contributed by atoms with van der Waals surface area (Å²) < 4.78 is 15.4. The van der Waals surface area contributed by atoms with E-state index in [1.54, 1.807) is 6.07 Å². The zero-order valence-corrected chi connectivity index (χ0v) is 11.1. The first-order chi connectivity index (χ1) is 9.63. The summed E-state index contributed by atoms with van der Waals surface area (Å²) in [6.07, 6.45) is 0.656. The second-order valence-corrected chi connectivity index (χ2v) is 3.91. The van der Waals surface area contributed by atoms with E-state index in [-0.39, 0.29) is 17.9 Å². The number of aromatic carboxylic acids is 1. The van der Waals surface area contributed by atoms with Crippen molar-refractivity contribution in [1.29, 1.82) is 0 Å². The Bertz CT molecular complexity index is 609.